The second kappa shape index (κ2) is 7.26. The Labute approximate surface area is 125 Å². The molecular formula is C14H16F3N3O2. The van der Waals surface area contributed by atoms with Crippen LogP contribution >= 0.6 is 0 Å². The van der Waals surface area contributed by atoms with Crippen LogP contribution in [0, 0.1) is 17.5 Å². The number of piperidine rings is 1. The Morgan fingerprint density at radius 3 is 2.64 bits per heavy atom. The number of carbonyl (C=O) groups excluding carboxylic acids is 2. The van der Waals surface area contributed by atoms with Gasteiger partial charge in [-0.2, -0.15) is 0 Å². The Hall–Kier alpha value is -2.09. The second-order valence-electron chi connectivity index (χ2n) is 4.99. The fourth-order valence-corrected chi connectivity index (χ4v) is 2.18. The van der Waals surface area contributed by atoms with E-state index < -0.39 is 29.0 Å². The number of benzene rings is 1. The van der Waals surface area contributed by atoms with E-state index in [2.05, 4.69) is 16.0 Å². The molecule has 22 heavy (non-hydrogen) atoms. The fourth-order valence-electron chi connectivity index (χ4n) is 2.18. The third-order valence-electron chi connectivity index (χ3n) is 3.36. The van der Waals surface area contributed by atoms with E-state index in [0.717, 1.165) is 25.5 Å². The van der Waals surface area contributed by atoms with Crippen LogP contribution in [-0.2, 0) is 9.59 Å². The summed E-state index contributed by atoms with van der Waals surface area (Å²) in [7, 11) is 0. The molecular weight excluding hydrogens is 299 g/mol. The van der Waals surface area contributed by atoms with Gasteiger partial charge >= 0.3 is 0 Å². The van der Waals surface area contributed by atoms with Crippen LogP contribution in [0.25, 0.3) is 0 Å². The molecule has 1 heterocycles. The maximum atomic E-state index is 13.4. The van der Waals surface area contributed by atoms with Gasteiger partial charge in [-0.3, -0.25) is 9.59 Å². The highest BCUT2D eigenvalue weighted by atomic mass is 19.2. The molecule has 1 saturated heterocycles. The number of hydrogen-bond donors (Lipinski definition) is 3. The minimum atomic E-state index is -1.66. The third kappa shape index (κ3) is 3.97. The molecule has 8 heteroatoms. The summed E-state index contributed by atoms with van der Waals surface area (Å²) in [6.45, 7) is 0.361. The highest BCUT2D eigenvalue weighted by Crippen LogP contribution is 2.19. The first-order valence-corrected chi connectivity index (χ1v) is 6.93. The number of anilines is 1. The molecule has 0 aliphatic carbocycles. The highest BCUT2D eigenvalue weighted by molar-refractivity contribution is 5.95. The van der Waals surface area contributed by atoms with E-state index in [0.29, 0.717) is 12.5 Å². The summed E-state index contributed by atoms with van der Waals surface area (Å²) in [4.78, 5) is 23.4. The largest absolute Gasteiger partial charge is 0.346 e. The highest BCUT2D eigenvalue weighted by Gasteiger charge is 2.21. The number of halogens is 3. The Bertz CT molecular complexity index is 575. The SMILES string of the molecule is O=C(CNC(=O)C1CCCCN1)Nc1ccc(F)c(F)c1F. The Morgan fingerprint density at radius 1 is 1.18 bits per heavy atom. The molecule has 1 aliphatic heterocycles. The van der Waals surface area contributed by atoms with Crippen molar-refractivity contribution in [3.05, 3.63) is 29.6 Å². The average molecular weight is 315 g/mol. The van der Waals surface area contributed by atoms with E-state index in [1.807, 2.05) is 0 Å². The molecule has 5 nitrogen and oxygen atoms in total. The van der Waals surface area contributed by atoms with Gasteiger partial charge in [-0.1, -0.05) is 6.42 Å². The van der Waals surface area contributed by atoms with Crippen molar-refractivity contribution in [2.24, 2.45) is 0 Å². The van der Waals surface area contributed by atoms with Gasteiger partial charge in [0, 0.05) is 0 Å². The standard InChI is InChI=1S/C14H16F3N3O2/c15-8-4-5-9(13(17)12(8)16)20-11(21)7-19-14(22)10-3-1-2-6-18-10/h4-5,10,18H,1-3,6-7H2,(H,19,22)(H,20,21). The zero-order chi connectivity index (χ0) is 16.1. The van der Waals surface area contributed by atoms with E-state index in [4.69, 9.17) is 0 Å². The van der Waals surface area contributed by atoms with Crippen molar-refractivity contribution in [2.45, 2.75) is 25.3 Å². The van der Waals surface area contributed by atoms with Gasteiger partial charge in [0.15, 0.2) is 17.5 Å². The maximum absolute atomic E-state index is 13.4. The number of nitrogens with one attached hydrogen (secondary N) is 3. The normalized spacial score (nSPS) is 17.9. The van der Waals surface area contributed by atoms with Crippen molar-refractivity contribution in [1.29, 1.82) is 0 Å². The molecule has 1 aromatic carbocycles. The zero-order valence-electron chi connectivity index (χ0n) is 11.7. The van der Waals surface area contributed by atoms with E-state index >= 15 is 0 Å². The van der Waals surface area contributed by atoms with Crippen LogP contribution < -0.4 is 16.0 Å². The zero-order valence-corrected chi connectivity index (χ0v) is 11.7. The lowest BCUT2D eigenvalue weighted by Gasteiger charge is -2.22. The van der Waals surface area contributed by atoms with Gasteiger partial charge in [0.1, 0.15) is 0 Å². The molecule has 0 bridgehead atoms. The summed E-state index contributed by atoms with van der Waals surface area (Å²) in [6.07, 6.45) is 2.61. The minimum absolute atomic E-state index is 0.319. The predicted octanol–water partition coefficient (Wildman–Crippen LogP) is 1.30. The van der Waals surface area contributed by atoms with E-state index in [1.165, 1.54) is 0 Å². The van der Waals surface area contributed by atoms with Crippen LogP contribution in [0.3, 0.4) is 0 Å². The lowest BCUT2D eigenvalue weighted by Crippen LogP contribution is -2.48. The van der Waals surface area contributed by atoms with Crippen molar-refractivity contribution in [1.82, 2.24) is 10.6 Å². The number of rotatable bonds is 4. The lowest BCUT2D eigenvalue weighted by atomic mass is 10.0. The van der Waals surface area contributed by atoms with Crippen LogP contribution in [0.15, 0.2) is 12.1 Å². The van der Waals surface area contributed by atoms with Gasteiger partial charge < -0.3 is 16.0 Å². The lowest BCUT2D eigenvalue weighted by molar-refractivity contribution is -0.126. The van der Waals surface area contributed by atoms with Crippen molar-refractivity contribution in [2.75, 3.05) is 18.4 Å². The molecule has 0 aromatic heterocycles. The molecule has 0 saturated carbocycles. The Morgan fingerprint density at radius 2 is 1.95 bits per heavy atom. The molecule has 1 atom stereocenters. The van der Waals surface area contributed by atoms with Crippen LogP contribution in [0.2, 0.25) is 0 Å². The van der Waals surface area contributed by atoms with Crippen LogP contribution in [0.5, 0.6) is 0 Å². The molecule has 2 amide bonds. The second-order valence-corrected chi connectivity index (χ2v) is 4.99. The van der Waals surface area contributed by atoms with Gasteiger partial charge in [-0.25, -0.2) is 13.2 Å². The summed E-state index contributed by atoms with van der Waals surface area (Å²) in [5.41, 5.74) is -0.478. The topological polar surface area (TPSA) is 70.2 Å². The molecule has 1 unspecified atom stereocenters. The van der Waals surface area contributed by atoms with E-state index in [9.17, 15) is 22.8 Å². The molecule has 0 spiro atoms. The summed E-state index contributed by atoms with van der Waals surface area (Å²) in [5.74, 6) is -5.52. The van der Waals surface area contributed by atoms with Crippen LogP contribution in [0.4, 0.5) is 18.9 Å². The minimum Gasteiger partial charge on any atom is -0.346 e. The molecule has 3 N–H and O–H groups in total. The Balaban J connectivity index is 1.85. The summed E-state index contributed by atoms with van der Waals surface area (Å²) < 4.78 is 39.2. The van der Waals surface area contributed by atoms with Crippen LogP contribution in [0.1, 0.15) is 19.3 Å². The van der Waals surface area contributed by atoms with Gasteiger partial charge in [0.05, 0.1) is 18.3 Å². The van der Waals surface area contributed by atoms with E-state index in [-0.39, 0.29) is 18.5 Å². The molecule has 120 valence electrons. The van der Waals surface area contributed by atoms with Crippen molar-refractivity contribution >= 4 is 17.5 Å². The van der Waals surface area contributed by atoms with Gasteiger partial charge in [-0.15, -0.1) is 0 Å². The first kappa shape index (κ1) is 16.3. The van der Waals surface area contributed by atoms with Gasteiger partial charge in [-0.05, 0) is 31.5 Å². The first-order chi connectivity index (χ1) is 10.5. The number of carbonyl (C=O) groups is 2. The molecule has 1 fully saturated rings. The summed E-state index contributed by atoms with van der Waals surface area (Å²) in [6, 6.07) is 1.27. The van der Waals surface area contributed by atoms with Crippen LogP contribution in [-0.4, -0.2) is 30.9 Å². The molecule has 0 radical (unpaired) electrons. The quantitative estimate of drug-likeness (QED) is 0.734. The third-order valence-corrected chi connectivity index (χ3v) is 3.36. The molecule has 2 rings (SSSR count). The van der Waals surface area contributed by atoms with Crippen molar-refractivity contribution in [3.8, 4) is 0 Å². The number of hydrogen-bond acceptors (Lipinski definition) is 3. The van der Waals surface area contributed by atoms with Gasteiger partial charge in [0.25, 0.3) is 0 Å². The van der Waals surface area contributed by atoms with Gasteiger partial charge in [0.2, 0.25) is 11.8 Å². The fraction of sp³-hybridized carbons (Fsp3) is 0.429. The monoisotopic (exact) mass is 315 g/mol. The summed E-state index contributed by atoms with van der Waals surface area (Å²) >= 11 is 0. The summed E-state index contributed by atoms with van der Waals surface area (Å²) in [5, 5.41) is 7.52. The smallest absolute Gasteiger partial charge is 0.243 e. The molecule has 1 aromatic rings. The first-order valence-electron chi connectivity index (χ1n) is 6.93. The Kier molecular flexibility index (Phi) is 5.37. The number of amides is 2. The van der Waals surface area contributed by atoms with Crippen molar-refractivity contribution in [3.63, 3.8) is 0 Å². The predicted molar refractivity (Wildman–Crippen MR) is 73.6 cm³/mol. The van der Waals surface area contributed by atoms with Crippen molar-refractivity contribution < 1.29 is 22.8 Å². The maximum Gasteiger partial charge on any atom is 0.243 e. The average Bonchev–Trinajstić information content (AvgIpc) is 2.54. The molecule has 1 aliphatic rings. The van der Waals surface area contributed by atoms with E-state index in [1.54, 1.807) is 0 Å².